The van der Waals surface area contributed by atoms with Gasteiger partial charge in [0.2, 0.25) is 20.0 Å². The van der Waals surface area contributed by atoms with E-state index in [0.717, 1.165) is 0 Å². The zero-order valence-corrected chi connectivity index (χ0v) is 20.4. The third-order valence-corrected chi connectivity index (χ3v) is 9.34. The summed E-state index contributed by atoms with van der Waals surface area (Å²) >= 11 is 0. The highest BCUT2D eigenvalue weighted by atomic mass is 32.2. The van der Waals surface area contributed by atoms with Gasteiger partial charge in [-0.05, 0) is 76.2 Å². The zero-order chi connectivity index (χ0) is 23.5. The molecular weight excluding hydrogens is 452 g/mol. The second-order valence-corrected chi connectivity index (χ2v) is 11.4. The molecule has 0 N–H and O–H groups in total. The Labute approximate surface area is 190 Å². The SMILES string of the molecule is CCOc1ccc(S(=O)(=O)N2CC(C)N(S(=O)(=O)c3ccc(OCC)cc3)CC2C)cc1. The highest BCUT2D eigenvalue weighted by molar-refractivity contribution is 7.89. The molecule has 0 bridgehead atoms. The Morgan fingerprint density at radius 3 is 1.28 bits per heavy atom. The van der Waals surface area contributed by atoms with Gasteiger partial charge in [-0.25, -0.2) is 16.8 Å². The monoisotopic (exact) mass is 482 g/mol. The second kappa shape index (κ2) is 9.78. The van der Waals surface area contributed by atoms with Crippen LogP contribution in [0.15, 0.2) is 58.3 Å². The van der Waals surface area contributed by atoms with Crippen molar-refractivity contribution in [3.05, 3.63) is 48.5 Å². The number of ether oxygens (including phenoxy) is 2. The van der Waals surface area contributed by atoms with Crippen molar-refractivity contribution in [3.63, 3.8) is 0 Å². The maximum Gasteiger partial charge on any atom is 0.243 e. The Morgan fingerprint density at radius 2 is 1.00 bits per heavy atom. The van der Waals surface area contributed by atoms with E-state index >= 15 is 0 Å². The fourth-order valence-electron chi connectivity index (χ4n) is 3.75. The molecular formula is C22H30N2O6S2. The highest BCUT2D eigenvalue weighted by Crippen LogP contribution is 2.29. The molecule has 1 aliphatic heterocycles. The van der Waals surface area contributed by atoms with Crippen molar-refractivity contribution in [1.29, 1.82) is 0 Å². The molecule has 1 heterocycles. The predicted octanol–water partition coefficient (Wildman–Crippen LogP) is 2.96. The lowest BCUT2D eigenvalue weighted by Gasteiger charge is -2.42. The van der Waals surface area contributed by atoms with E-state index in [9.17, 15) is 16.8 Å². The van der Waals surface area contributed by atoms with Crippen molar-refractivity contribution in [1.82, 2.24) is 8.61 Å². The average molecular weight is 483 g/mol. The summed E-state index contributed by atoms with van der Waals surface area (Å²) in [5, 5.41) is 0. The van der Waals surface area contributed by atoms with E-state index in [1.807, 2.05) is 13.8 Å². The minimum Gasteiger partial charge on any atom is -0.494 e. The number of hydrogen-bond donors (Lipinski definition) is 0. The molecule has 176 valence electrons. The molecule has 1 saturated heterocycles. The first-order valence-electron chi connectivity index (χ1n) is 10.6. The van der Waals surface area contributed by atoms with Crippen LogP contribution in [0.3, 0.4) is 0 Å². The van der Waals surface area contributed by atoms with Gasteiger partial charge >= 0.3 is 0 Å². The first-order valence-corrected chi connectivity index (χ1v) is 13.5. The third-order valence-electron chi connectivity index (χ3n) is 5.35. The van der Waals surface area contributed by atoms with Gasteiger partial charge in [0.1, 0.15) is 11.5 Å². The van der Waals surface area contributed by atoms with Crippen LogP contribution < -0.4 is 9.47 Å². The Kier molecular flexibility index (Phi) is 7.49. The van der Waals surface area contributed by atoms with E-state index in [2.05, 4.69) is 0 Å². The van der Waals surface area contributed by atoms with Crippen molar-refractivity contribution in [2.75, 3.05) is 26.3 Å². The van der Waals surface area contributed by atoms with Crippen molar-refractivity contribution in [3.8, 4) is 11.5 Å². The van der Waals surface area contributed by atoms with Gasteiger partial charge in [-0.1, -0.05) is 0 Å². The van der Waals surface area contributed by atoms with Gasteiger partial charge in [-0.2, -0.15) is 8.61 Å². The second-order valence-electron chi connectivity index (χ2n) is 7.66. The molecule has 10 heteroatoms. The molecule has 32 heavy (non-hydrogen) atoms. The highest BCUT2D eigenvalue weighted by Gasteiger charge is 2.41. The van der Waals surface area contributed by atoms with Crippen LogP contribution in [0.4, 0.5) is 0 Å². The van der Waals surface area contributed by atoms with Gasteiger partial charge in [0, 0.05) is 25.2 Å². The van der Waals surface area contributed by atoms with Crippen molar-refractivity contribution >= 4 is 20.0 Å². The molecule has 0 aromatic heterocycles. The fourth-order valence-corrected chi connectivity index (χ4v) is 7.16. The molecule has 1 fully saturated rings. The molecule has 8 nitrogen and oxygen atoms in total. The fraction of sp³-hybridized carbons (Fsp3) is 0.455. The quantitative estimate of drug-likeness (QED) is 0.574. The molecule has 2 atom stereocenters. The van der Waals surface area contributed by atoms with Crippen LogP contribution in [0.25, 0.3) is 0 Å². The molecule has 2 aromatic rings. The summed E-state index contributed by atoms with van der Waals surface area (Å²) in [6.45, 7) is 8.26. The molecule has 0 aliphatic carbocycles. The van der Waals surface area contributed by atoms with Crippen LogP contribution in [0.5, 0.6) is 11.5 Å². The molecule has 1 aliphatic rings. The molecule has 0 saturated carbocycles. The summed E-state index contributed by atoms with van der Waals surface area (Å²) in [7, 11) is -7.56. The minimum atomic E-state index is -3.78. The van der Waals surface area contributed by atoms with Gasteiger partial charge in [0.15, 0.2) is 0 Å². The van der Waals surface area contributed by atoms with Gasteiger partial charge in [0.25, 0.3) is 0 Å². The minimum absolute atomic E-state index is 0.0625. The lowest BCUT2D eigenvalue weighted by atomic mass is 10.2. The summed E-state index contributed by atoms with van der Waals surface area (Å²) in [5.74, 6) is 1.19. The van der Waals surface area contributed by atoms with Gasteiger partial charge in [-0.15, -0.1) is 0 Å². The number of piperazine rings is 1. The summed E-state index contributed by atoms with van der Waals surface area (Å²) in [4.78, 5) is 0.311. The molecule has 0 radical (unpaired) electrons. The number of rotatable bonds is 8. The lowest BCUT2D eigenvalue weighted by Crippen LogP contribution is -2.59. The molecule has 0 amide bonds. The average Bonchev–Trinajstić information content (AvgIpc) is 2.76. The van der Waals surface area contributed by atoms with Crippen LogP contribution in [0.2, 0.25) is 0 Å². The number of hydrogen-bond acceptors (Lipinski definition) is 6. The molecule has 2 unspecified atom stereocenters. The number of nitrogens with zero attached hydrogens (tertiary/aromatic N) is 2. The lowest BCUT2D eigenvalue weighted by molar-refractivity contribution is 0.163. The molecule has 3 rings (SSSR count). The normalized spacial score (nSPS) is 20.8. The first-order chi connectivity index (χ1) is 15.1. The van der Waals surface area contributed by atoms with E-state index in [1.165, 1.54) is 32.9 Å². The topological polar surface area (TPSA) is 93.2 Å². The van der Waals surface area contributed by atoms with Gasteiger partial charge in [0.05, 0.1) is 23.0 Å². The van der Waals surface area contributed by atoms with Crippen molar-refractivity contribution in [2.45, 2.75) is 49.6 Å². The maximum atomic E-state index is 13.2. The van der Waals surface area contributed by atoms with E-state index in [0.29, 0.717) is 24.7 Å². The van der Waals surface area contributed by atoms with E-state index in [1.54, 1.807) is 38.1 Å². The summed E-state index contributed by atoms with van der Waals surface area (Å²) < 4.78 is 66.5. The van der Waals surface area contributed by atoms with Crippen molar-refractivity contribution in [2.24, 2.45) is 0 Å². The maximum absolute atomic E-state index is 13.2. The van der Waals surface area contributed by atoms with Crippen LogP contribution in [0.1, 0.15) is 27.7 Å². The smallest absolute Gasteiger partial charge is 0.243 e. The summed E-state index contributed by atoms with van der Waals surface area (Å²) in [6, 6.07) is 11.5. The Morgan fingerprint density at radius 1 is 0.688 bits per heavy atom. The van der Waals surface area contributed by atoms with E-state index in [-0.39, 0.29) is 22.9 Å². The first kappa shape index (κ1) is 24.5. The van der Waals surface area contributed by atoms with Crippen LogP contribution in [0, 0.1) is 0 Å². The standard InChI is InChI=1S/C22H30N2O6S2/c1-5-29-19-7-11-21(12-8-19)31(25,26)23-15-18(4)24(16-17(23)3)32(27,28)22-13-9-20(10-14-22)30-6-2/h7-14,17-18H,5-6,15-16H2,1-4H3. The Balaban J connectivity index is 1.81. The molecule has 2 aromatic carbocycles. The largest absolute Gasteiger partial charge is 0.494 e. The predicted molar refractivity (Wildman–Crippen MR) is 122 cm³/mol. The third kappa shape index (κ3) is 4.93. The van der Waals surface area contributed by atoms with E-state index < -0.39 is 32.1 Å². The van der Waals surface area contributed by atoms with Gasteiger partial charge < -0.3 is 9.47 Å². The van der Waals surface area contributed by atoms with Crippen molar-refractivity contribution < 1.29 is 26.3 Å². The van der Waals surface area contributed by atoms with Crippen LogP contribution in [-0.2, 0) is 20.0 Å². The van der Waals surface area contributed by atoms with Crippen LogP contribution in [-0.4, -0.2) is 63.8 Å². The summed E-state index contributed by atoms with van der Waals surface area (Å²) in [6.07, 6.45) is 0. The van der Waals surface area contributed by atoms with E-state index in [4.69, 9.17) is 9.47 Å². The molecule has 0 spiro atoms. The Bertz CT molecular complexity index is 1020. The van der Waals surface area contributed by atoms with Crippen LogP contribution >= 0.6 is 0 Å². The van der Waals surface area contributed by atoms with Gasteiger partial charge in [-0.3, -0.25) is 0 Å². The number of benzene rings is 2. The summed E-state index contributed by atoms with van der Waals surface area (Å²) in [5.41, 5.74) is 0. The number of sulfonamides is 2. The Hall–Kier alpha value is -2.14. The zero-order valence-electron chi connectivity index (χ0n) is 18.8.